The molecule has 0 saturated carbocycles. The van der Waals surface area contributed by atoms with Crippen molar-refractivity contribution in [3.05, 3.63) is 48.0 Å². The maximum Gasteiger partial charge on any atom is 0.243 e. The molecule has 3 rings (SSSR count). The van der Waals surface area contributed by atoms with Crippen LogP contribution in [0.2, 0.25) is 0 Å². The third kappa shape index (κ3) is 3.19. The Balaban J connectivity index is 1.70. The number of aromatic nitrogens is 2. The second-order valence-corrected chi connectivity index (χ2v) is 7.74. The van der Waals surface area contributed by atoms with E-state index in [1.54, 1.807) is 24.5 Å². The molecular weight excluding hydrogens is 328 g/mol. The quantitative estimate of drug-likeness (QED) is 0.870. The molecule has 7 nitrogen and oxygen atoms in total. The second-order valence-electron chi connectivity index (χ2n) is 5.80. The number of imidazole rings is 1. The summed E-state index contributed by atoms with van der Waals surface area (Å²) in [5.74, 6) is 0.478. The highest BCUT2D eigenvalue weighted by Gasteiger charge is 2.33. The van der Waals surface area contributed by atoms with Gasteiger partial charge < -0.3 is 10.1 Å². The zero-order valence-electron chi connectivity index (χ0n) is 13.0. The highest BCUT2D eigenvalue weighted by molar-refractivity contribution is 7.89. The first kappa shape index (κ1) is 16.6. The normalized spacial score (nSPS) is 18.2. The lowest BCUT2D eigenvalue weighted by Gasteiger charge is -2.32. The van der Waals surface area contributed by atoms with Crippen LogP contribution in [0.1, 0.15) is 30.3 Å². The van der Waals surface area contributed by atoms with Crippen molar-refractivity contribution in [1.29, 1.82) is 5.26 Å². The molecule has 0 bridgehead atoms. The molecule has 1 aromatic carbocycles. The zero-order valence-corrected chi connectivity index (χ0v) is 13.8. The van der Waals surface area contributed by atoms with Crippen molar-refractivity contribution < 1.29 is 13.5 Å². The Morgan fingerprint density at radius 3 is 2.75 bits per heavy atom. The van der Waals surface area contributed by atoms with E-state index in [4.69, 9.17) is 5.26 Å². The average molecular weight is 346 g/mol. The van der Waals surface area contributed by atoms with E-state index in [-0.39, 0.29) is 10.8 Å². The van der Waals surface area contributed by atoms with Crippen molar-refractivity contribution in [2.75, 3.05) is 13.1 Å². The van der Waals surface area contributed by atoms with Crippen molar-refractivity contribution in [1.82, 2.24) is 14.3 Å². The van der Waals surface area contributed by atoms with Crippen LogP contribution in [0.25, 0.3) is 0 Å². The number of hydrogen-bond donors (Lipinski definition) is 2. The molecule has 1 fully saturated rings. The Labute approximate surface area is 140 Å². The Morgan fingerprint density at radius 1 is 1.38 bits per heavy atom. The largest absolute Gasteiger partial charge is 0.385 e. The molecule has 0 spiro atoms. The van der Waals surface area contributed by atoms with Crippen LogP contribution in [-0.4, -0.2) is 40.9 Å². The monoisotopic (exact) mass is 346 g/mol. The molecule has 0 radical (unpaired) electrons. The minimum Gasteiger partial charge on any atom is -0.385 e. The molecule has 1 aliphatic heterocycles. The molecule has 1 saturated heterocycles. The fraction of sp³-hybridized carbons (Fsp3) is 0.375. The van der Waals surface area contributed by atoms with Gasteiger partial charge in [0.15, 0.2) is 0 Å². The number of sulfonamides is 1. The average Bonchev–Trinajstić information content (AvgIpc) is 3.16. The predicted molar refractivity (Wildman–Crippen MR) is 86.2 cm³/mol. The summed E-state index contributed by atoms with van der Waals surface area (Å²) < 4.78 is 26.8. The molecule has 1 aliphatic rings. The third-order valence-electron chi connectivity index (χ3n) is 4.35. The van der Waals surface area contributed by atoms with E-state index in [2.05, 4.69) is 9.97 Å². The number of aliphatic hydroxyl groups is 1. The van der Waals surface area contributed by atoms with Crippen LogP contribution in [0.5, 0.6) is 0 Å². The summed E-state index contributed by atoms with van der Waals surface area (Å²) in [7, 11) is -3.62. The first-order valence-electron chi connectivity index (χ1n) is 7.70. The molecule has 24 heavy (non-hydrogen) atoms. The summed E-state index contributed by atoms with van der Waals surface area (Å²) in [6, 6.07) is 7.98. The zero-order chi connectivity index (χ0) is 17.2. The van der Waals surface area contributed by atoms with Crippen LogP contribution < -0.4 is 0 Å². The maximum atomic E-state index is 12.7. The molecule has 8 heteroatoms. The molecule has 1 aromatic heterocycles. The molecule has 0 unspecified atom stereocenters. The Bertz CT molecular complexity index is 834. The van der Waals surface area contributed by atoms with Gasteiger partial charge >= 0.3 is 0 Å². The third-order valence-corrected chi connectivity index (χ3v) is 6.24. The number of aliphatic hydroxyl groups excluding tert-OH is 1. The number of nitrogens with one attached hydrogen (secondary N) is 1. The number of H-pyrrole nitrogens is 1. The molecular formula is C16H18N4O3S. The van der Waals surface area contributed by atoms with Crippen LogP contribution in [0, 0.1) is 17.2 Å². The van der Waals surface area contributed by atoms with Crippen molar-refractivity contribution >= 4 is 10.0 Å². The van der Waals surface area contributed by atoms with E-state index in [0.29, 0.717) is 37.3 Å². The van der Waals surface area contributed by atoms with Crippen LogP contribution in [0.3, 0.4) is 0 Å². The van der Waals surface area contributed by atoms with Gasteiger partial charge in [0.05, 0.1) is 16.5 Å². The van der Waals surface area contributed by atoms with E-state index in [1.807, 2.05) is 6.07 Å². The van der Waals surface area contributed by atoms with Gasteiger partial charge in [0, 0.05) is 25.5 Å². The van der Waals surface area contributed by atoms with Crippen molar-refractivity contribution in [3.8, 4) is 6.07 Å². The summed E-state index contributed by atoms with van der Waals surface area (Å²) in [5.41, 5.74) is 0.319. The number of aromatic amines is 1. The van der Waals surface area contributed by atoms with Gasteiger partial charge in [-0.1, -0.05) is 6.07 Å². The molecule has 2 aromatic rings. The first-order valence-corrected chi connectivity index (χ1v) is 9.14. The SMILES string of the molecule is N#Cc1cccc(S(=O)(=O)N2CCC([C@@H](O)c3ncc[nH]3)CC2)c1. The van der Waals surface area contributed by atoms with Gasteiger partial charge in [-0.05, 0) is 37.0 Å². The molecule has 0 amide bonds. The number of hydrogen-bond acceptors (Lipinski definition) is 5. The topological polar surface area (TPSA) is 110 Å². The van der Waals surface area contributed by atoms with Crippen LogP contribution >= 0.6 is 0 Å². The van der Waals surface area contributed by atoms with Gasteiger partial charge in [-0.3, -0.25) is 0 Å². The van der Waals surface area contributed by atoms with E-state index >= 15 is 0 Å². The number of piperidine rings is 1. The minimum atomic E-state index is -3.62. The first-order chi connectivity index (χ1) is 11.5. The van der Waals surface area contributed by atoms with Crippen LogP contribution in [-0.2, 0) is 10.0 Å². The fourth-order valence-electron chi connectivity index (χ4n) is 2.97. The Morgan fingerprint density at radius 2 is 2.12 bits per heavy atom. The second kappa shape index (κ2) is 6.73. The highest BCUT2D eigenvalue weighted by atomic mass is 32.2. The van der Waals surface area contributed by atoms with Gasteiger partial charge in [-0.15, -0.1) is 0 Å². The van der Waals surface area contributed by atoms with Gasteiger partial charge in [-0.25, -0.2) is 13.4 Å². The number of rotatable bonds is 4. The molecule has 2 heterocycles. The number of nitrogens with zero attached hydrogens (tertiary/aromatic N) is 3. The fourth-order valence-corrected chi connectivity index (χ4v) is 4.49. The van der Waals surface area contributed by atoms with Gasteiger partial charge in [0.25, 0.3) is 0 Å². The van der Waals surface area contributed by atoms with Crippen molar-refractivity contribution in [3.63, 3.8) is 0 Å². The smallest absolute Gasteiger partial charge is 0.243 e. The highest BCUT2D eigenvalue weighted by Crippen LogP contribution is 2.31. The summed E-state index contributed by atoms with van der Waals surface area (Å²) in [4.78, 5) is 7.08. The van der Waals surface area contributed by atoms with E-state index in [1.165, 1.54) is 16.4 Å². The van der Waals surface area contributed by atoms with Gasteiger partial charge in [0.2, 0.25) is 10.0 Å². The summed E-state index contributed by atoms with van der Waals surface area (Å²) in [5, 5.41) is 19.2. The lowest BCUT2D eigenvalue weighted by atomic mass is 9.92. The van der Waals surface area contributed by atoms with Gasteiger partial charge in [0.1, 0.15) is 11.9 Å². The molecule has 2 N–H and O–H groups in total. The van der Waals surface area contributed by atoms with E-state index in [9.17, 15) is 13.5 Å². The molecule has 1 atom stereocenters. The lowest BCUT2D eigenvalue weighted by molar-refractivity contribution is 0.0696. The van der Waals surface area contributed by atoms with E-state index < -0.39 is 16.1 Å². The predicted octanol–water partition coefficient (Wildman–Crippen LogP) is 1.42. The number of benzene rings is 1. The molecule has 126 valence electrons. The Hall–Kier alpha value is -2.21. The summed E-state index contributed by atoms with van der Waals surface area (Å²) in [6.07, 6.45) is 3.63. The summed E-state index contributed by atoms with van der Waals surface area (Å²) in [6.45, 7) is 0.670. The Kier molecular flexibility index (Phi) is 4.66. The molecule has 0 aliphatic carbocycles. The van der Waals surface area contributed by atoms with Crippen LogP contribution in [0.4, 0.5) is 0 Å². The van der Waals surface area contributed by atoms with E-state index in [0.717, 1.165) is 0 Å². The van der Waals surface area contributed by atoms with Crippen molar-refractivity contribution in [2.24, 2.45) is 5.92 Å². The summed E-state index contributed by atoms with van der Waals surface area (Å²) >= 11 is 0. The maximum absolute atomic E-state index is 12.7. The van der Waals surface area contributed by atoms with Crippen molar-refractivity contribution in [2.45, 2.75) is 23.8 Å². The van der Waals surface area contributed by atoms with Gasteiger partial charge in [-0.2, -0.15) is 9.57 Å². The standard InChI is InChI=1S/C16H18N4O3S/c17-11-12-2-1-3-14(10-12)24(22,23)20-8-4-13(5-9-20)15(21)16-18-6-7-19-16/h1-3,6-7,10,13,15,21H,4-5,8-9H2,(H,18,19)/t15-/m1/s1. The van der Waals surface area contributed by atoms with Crippen LogP contribution in [0.15, 0.2) is 41.6 Å². The lowest BCUT2D eigenvalue weighted by Crippen LogP contribution is -2.39. The number of nitriles is 1. The minimum absolute atomic E-state index is 0.0342.